The van der Waals surface area contributed by atoms with E-state index in [0.29, 0.717) is 18.9 Å². The summed E-state index contributed by atoms with van der Waals surface area (Å²) in [4.78, 5) is 27.0. The van der Waals surface area contributed by atoms with Crippen molar-refractivity contribution in [2.24, 2.45) is 5.92 Å². The van der Waals surface area contributed by atoms with Gasteiger partial charge in [-0.3, -0.25) is 4.79 Å². The van der Waals surface area contributed by atoms with Gasteiger partial charge in [-0.2, -0.15) is 0 Å². The highest BCUT2D eigenvalue weighted by atomic mass is 16.4. The first kappa shape index (κ1) is 14.9. The number of hydrogen-bond acceptors (Lipinski definition) is 2. The molecule has 0 aliphatic carbocycles. The Morgan fingerprint density at radius 2 is 2.15 bits per heavy atom. The van der Waals surface area contributed by atoms with Gasteiger partial charge in [-0.15, -0.1) is 0 Å². The highest BCUT2D eigenvalue weighted by Gasteiger charge is 2.27. The molecule has 112 valence electrons. The second-order valence-corrected chi connectivity index (χ2v) is 5.93. The van der Waals surface area contributed by atoms with Crippen molar-refractivity contribution in [3.8, 4) is 0 Å². The molecule has 20 heavy (non-hydrogen) atoms. The molecule has 0 bridgehead atoms. The minimum atomic E-state index is -0.745. The smallest absolute Gasteiger partial charge is 0.320 e. The number of carboxylic acids is 1. The Bertz CT molecular complexity index is 406. The lowest BCUT2D eigenvalue weighted by atomic mass is 9.93. The van der Waals surface area contributed by atoms with E-state index >= 15 is 0 Å². The van der Waals surface area contributed by atoms with Crippen molar-refractivity contribution in [2.45, 2.75) is 39.0 Å². The number of hydrogen-bond donors (Lipinski definition) is 1. The van der Waals surface area contributed by atoms with Crippen LogP contribution in [0, 0.1) is 5.92 Å². The molecule has 2 aliphatic heterocycles. The molecule has 0 radical (unpaired) electrons. The standard InChI is InChI=1S/C15H24N2O3/c1-12-4-2-8-16(10-12)15(20)17-9-3-5-13(11-17)6-7-14(18)19/h4,13H,2-3,5-11H2,1H3,(H,18,19). The largest absolute Gasteiger partial charge is 0.481 e. The van der Waals surface area contributed by atoms with Crippen molar-refractivity contribution < 1.29 is 14.7 Å². The van der Waals surface area contributed by atoms with E-state index in [2.05, 4.69) is 13.0 Å². The number of piperidine rings is 1. The van der Waals surface area contributed by atoms with Crippen molar-refractivity contribution in [2.75, 3.05) is 26.2 Å². The van der Waals surface area contributed by atoms with Crippen LogP contribution in [-0.4, -0.2) is 53.1 Å². The van der Waals surface area contributed by atoms with Gasteiger partial charge in [0.05, 0.1) is 0 Å². The normalized spacial score (nSPS) is 23.4. The number of carboxylic acid groups (broad SMARTS) is 1. The highest BCUT2D eigenvalue weighted by molar-refractivity contribution is 5.75. The number of rotatable bonds is 3. The minimum Gasteiger partial charge on any atom is -0.481 e. The summed E-state index contributed by atoms with van der Waals surface area (Å²) in [6.45, 7) is 5.11. The lowest BCUT2D eigenvalue weighted by Gasteiger charge is -2.37. The average molecular weight is 280 g/mol. The summed E-state index contributed by atoms with van der Waals surface area (Å²) in [5.74, 6) is -0.407. The van der Waals surface area contributed by atoms with Crippen molar-refractivity contribution in [1.82, 2.24) is 9.80 Å². The zero-order valence-corrected chi connectivity index (χ0v) is 12.2. The van der Waals surface area contributed by atoms with Crippen LogP contribution in [0.2, 0.25) is 0 Å². The molecule has 5 heteroatoms. The van der Waals surface area contributed by atoms with E-state index in [1.54, 1.807) is 0 Å². The summed E-state index contributed by atoms with van der Waals surface area (Å²) < 4.78 is 0. The third kappa shape index (κ3) is 3.99. The molecule has 0 saturated carbocycles. The van der Waals surface area contributed by atoms with E-state index < -0.39 is 5.97 Å². The topological polar surface area (TPSA) is 60.9 Å². The van der Waals surface area contributed by atoms with E-state index in [-0.39, 0.29) is 12.5 Å². The van der Waals surface area contributed by atoms with Crippen LogP contribution in [0.15, 0.2) is 11.6 Å². The molecule has 1 fully saturated rings. The zero-order chi connectivity index (χ0) is 14.5. The monoisotopic (exact) mass is 280 g/mol. The maximum Gasteiger partial charge on any atom is 0.320 e. The Hall–Kier alpha value is -1.52. The fourth-order valence-electron chi connectivity index (χ4n) is 3.08. The SMILES string of the molecule is CC1=CCCN(C(=O)N2CCCC(CCC(=O)O)C2)C1. The van der Waals surface area contributed by atoms with E-state index in [0.717, 1.165) is 38.9 Å². The zero-order valence-electron chi connectivity index (χ0n) is 12.2. The molecule has 0 spiro atoms. The van der Waals surface area contributed by atoms with Crippen LogP contribution in [0.3, 0.4) is 0 Å². The van der Waals surface area contributed by atoms with Crippen LogP contribution < -0.4 is 0 Å². The van der Waals surface area contributed by atoms with Gasteiger partial charge in [0, 0.05) is 32.6 Å². The number of amides is 2. The van der Waals surface area contributed by atoms with Gasteiger partial charge >= 0.3 is 12.0 Å². The Balaban J connectivity index is 1.86. The maximum atomic E-state index is 12.5. The number of aliphatic carboxylic acids is 1. The van der Waals surface area contributed by atoms with Crippen molar-refractivity contribution in [1.29, 1.82) is 0 Å². The van der Waals surface area contributed by atoms with E-state index in [1.165, 1.54) is 5.57 Å². The van der Waals surface area contributed by atoms with Gasteiger partial charge in [0.1, 0.15) is 0 Å². The van der Waals surface area contributed by atoms with Crippen LogP contribution in [0.5, 0.6) is 0 Å². The molecule has 0 aromatic carbocycles. The third-order valence-electron chi connectivity index (χ3n) is 4.16. The second-order valence-electron chi connectivity index (χ2n) is 5.93. The first-order chi connectivity index (χ1) is 9.56. The molecule has 5 nitrogen and oxygen atoms in total. The number of likely N-dealkylation sites (tertiary alicyclic amines) is 1. The van der Waals surface area contributed by atoms with Gasteiger partial charge in [-0.05, 0) is 38.5 Å². The predicted molar refractivity (Wildman–Crippen MR) is 76.5 cm³/mol. The Morgan fingerprint density at radius 3 is 2.85 bits per heavy atom. The predicted octanol–water partition coefficient (Wildman–Crippen LogP) is 2.34. The summed E-state index contributed by atoms with van der Waals surface area (Å²) in [6.07, 6.45) is 6.04. The first-order valence-electron chi connectivity index (χ1n) is 7.47. The van der Waals surface area contributed by atoms with Crippen molar-refractivity contribution in [3.63, 3.8) is 0 Å². The minimum absolute atomic E-state index is 0.123. The van der Waals surface area contributed by atoms with Crippen LogP contribution in [-0.2, 0) is 4.79 Å². The summed E-state index contributed by atoms with van der Waals surface area (Å²) in [5.41, 5.74) is 1.25. The van der Waals surface area contributed by atoms with Crippen LogP contribution in [0.25, 0.3) is 0 Å². The molecule has 2 aliphatic rings. The van der Waals surface area contributed by atoms with Gasteiger partial charge in [-0.25, -0.2) is 4.79 Å². The summed E-state index contributed by atoms with van der Waals surface area (Å²) in [5, 5.41) is 8.76. The molecule has 2 amide bonds. The lowest BCUT2D eigenvalue weighted by molar-refractivity contribution is -0.137. The molecular weight excluding hydrogens is 256 g/mol. The summed E-state index contributed by atoms with van der Waals surface area (Å²) in [6, 6.07) is 0.123. The molecular formula is C15H24N2O3. The van der Waals surface area contributed by atoms with E-state index in [4.69, 9.17) is 5.11 Å². The quantitative estimate of drug-likeness (QED) is 0.807. The number of carbonyl (C=O) groups excluding carboxylic acids is 1. The highest BCUT2D eigenvalue weighted by Crippen LogP contribution is 2.22. The number of nitrogens with zero attached hydrogens (tertiary/aromatic N) is 2. The van der Waals surface area contributed by atoms with Crippen molar-refractivity contribution in [3.05, 3.63) is 11.6 Å². The van der Waals surface area contributed by atoms with Gasteiger partial charge < -0.3 is 14.9 Å². The fourth-order valence-corrected chi connectivity index (χ4v) is 3.08. The number of urea groups is 1. The molecule has 0 aromatic heterocycles. The third-order valence-corrected chi connectivity index (χ3v) is 4.16. The number of carbonyl (C=O) groups is 2. The second kappa shape index (κ2) is 6.77. The molecule has 1 atom stereocenters. The van der Waals surface area contributed by atoms with Crippen LogP contribution in [0.1, 0.15) is 39.0 Å². The molecule has 2 heterocycles. The van der Waals surface area contributed by atoms with E-state index in [9.17, 15) is 9.59 Å². The van der Waals surface area contributed by atoms with Gasteiger partial charge in [0.25, 0.3) is 0 Å². The molecule has 1 N–H and O–H groups in total. The Morgan fingerprint density at radius 1 is 1.35 bits per heavy atom. The fraction of sp³-hybridized carbons (Fsp3) is 0.733. The van der Waals surface area contributed by atoms with Crippen molar-refractivity contribution >= 4 is 12.0 Å². The Labute approximate surface area is 120 Å². The Kier molecular flexibility index (Phi) is 5.04. The van der Waals surface area contributed by atoms with Gasteiger partial charge in [0.2, 0.25) is 0 Å². The first-order valence-corrected chi connectivity index (χ1v) is 7.47. The van der Waals surface area contributed by atoms with E-state index in [1.807, 2.05) is 9.80 Å². The summed E-state index contributed by atoms with van der Waals surface area (Å²) >= 11 is 0. The molecule has 1 unspecified atom stereocenters. The maximum absolute atomic E-state index is 12.5. The van der Waals surface area contributed by atoms with Gasteiger partial charge in [-0.1, -0.05) is 11.6 Å². The summed E-state index contributed by atoms with van der Waals surface area (Å²) in [7, 11) is 0. The lowest BCUT2D eigenvalue weighted by Crippen LogP contribution is -2.49. The molecule has 2 rings (SSSR count). The van der Waals surface area contributed by atoms with Crippen LogP contribution >= 0.6 is 0 Å². The molecule has 0 aromatic rings. The molecule has 1 saturated heterocycles. The average Bonchev–Trinajstić information content (AvgIpc) is 2.44. The van der Waals surface area contributed by atoms with Gasteiger partial charge in [0.15, 0.2) is 0 Å². The van der Waals surface area contributed by atoms with Crippen LogP contribution in [0.4, 0.5) is 4.79 Å².